The van der Waals surface area contributed by atoms with Crippen molar-refractivity contribution in [3.05, 3.63) is 0 Å². The van der Waals surface area contributed by atoms with Gasteiger partial charge in [0.2, 0.25) is 0 Å². The van der Waals surface area contributed by atoms with E-state index in [4.69, 9.17) is 11.6 Å². The Morgan fingerprint density at radius 2 is 2.00 bits per heavy atom. The van der Waals surface area contributed by atoms with E-state index in [2.05, 4.69) is 12.9 Å². The second-order valence-corrected chi connectivity index (χ2v) is 5.63. The molecule has 8 heavy (non-hydrogen) atoms. The molecule has 0 rings (SSSR count). The number of alkyl halides is 1. The fraction of sp³-hybridized carbons (Fsp3) is 1.00. The predicted octanol–water partition coefficient (Wildman–Crippen LogP) is 2.83. The summed E-state index contributed by atoms with van der Waals surface area (Å²) >= 11 is 9.14. The van der Waals surface area contributed by atoms with E-state index in [0.29, 0.717) is 0 Å². The molecule has 0 bridgehead atoms. The molecule has 0 aliphatic carbocycles. The van der Waals surface area contributed by atoms with Crippen LogP contribution in [0.1, 0.15) is 19.3 Å². The average Bonchev–Trinajstić information content (AvgIpc) is 1.81. The first-order chi connectivity index (χ1) is 3.91. The predicted molar refractivity (Wildman–Crippen MR) is 44.1 cm³/mol. The average molecular weight is 210 g/mol. The Morgan fingerprint density at radius 3 is 2.50 bits per heavy atom. The highest BCUT2D eigenvalue weighted by atomic mass is 79.9. The lowest BCUT2D eigenvalue weighted by atomic mass is 10.3. The molecule has 0 fully saturated rings. The monoisotopic (exact) mass is 208 g/mol. The van der Waals surface area contributed by atoms with Crippen molar-refractivity contribution >= 4 is 42.7 Å². The molecule has 0 aromatic rings. The van der Waals surface area contributed by atoms with Crippen molar-refractivity contribution in [2.45, 2.75) is 23.8 Å². The third-order valence-corrected chi connectivity index (χ3v) is 3.73. The van der Waals surface area contributed by atoms with Crippen LogP contribution in [0.25, 0.3) is 0 Å². The second-order valence-electron chi connectivity index (χ2n) is 1.79. The highest BCUT2D eigenvalue weighted by Gasteiger charge is 1.88. The molecule has 3 heteroatoms. The fourth-order valence-electron chi connectivity index (χ4n) is 0.543. The second kappa shape index (κ2) is 8.54. The highest BCUT2D eigenvalue weighted by Crippen LogP contribution is 2.01. The first-order valence-corrected chi connectivity index (χ1v) is 8.47. The van der Waals surface area contributed by atoms with Crippen molar-refractivity contribution in [2.24, 2.45) is 0 Å². The topological polar surface area (TPSA) is 0 Å². The number of hydrogen-bond donors (Lipinski definition) is 0. The molecule has 0 heterocycles. The van der Waals surface area contributed by atoms with Gasteiger partial charge in [0.25, 0.3) is 0 Å². The van der Waals surface area contributed by atoms with Gasteiger partial charge in [-0.3, -0.25) is 0 Å². The third kappa shape index (κ3) is 7.54. The van der Waals surface area contributed by atoms with Crippen molar-refractivity contribution in [1.82, 2.24) is 0 Å². The zero-order valence-corrected chi connectivity index (χ0v) is 8.75. The Hall–Kier alpha value is 1.54. The van der Waals surface area contributed by atoms with Crippen LogP contribution in [0.15, 0.2) is 0 Å². The smallest absolute Gasteiger partial charge is 0.307 e. The first-order valence-electron chi connectivity index (χ1n) is 3.03. The quantitative estimate of drug-likeness (QED) is 0.371. The van der Waals surface area contributed by atoms with Gasteiger partial charge >= 0.3 is 18.2 Å². The van der Waals surface area contributed by atoms with E-state index in [1.807, 2.05) is 0 Å². The number of hydrogen-bond acceptors (Lipinski definition) is 0. The summed E-state index contributed by atoms with van der Waals surface area (Å²) in [7, 11) is 0. The van der Waals surface area contributed by atoms with E-state index in [0.717, 1.165) is 5.88 Å². The van der Waals surface area contributed by atoms with Gasteiger partial charge in [0, 0.05) is 5.88 Å². The Kier molecular flexibility index (Phi) is 10.2. The minimum Gasteiger partial charge on any atom is -0.307 e. The van der Waals surface area contributed by atoms with Crippen LogP contribution in [0.4, 0.5) is 0 Å². The summed E-state index contributed by atoms with van der Waals surface area (Å²) in [5, 5.41) is 0. The van der Waals surface area contributed by atoms with Gasteiger partial charge in [-0.15, -0.1) is 16.2 Å². The summed E-state index contributed by atoms with van der Waals surface area (Å²) in [4.78, 5) is 0. The van der Waals surface area contributed by atoms with Gasteiger partial charge in [0.1, 0.15) is 0 Å². The number of rotatable bonds is 5. The lowest BCUT2D eigenvalue weighted by Crippen LogP contribution is -1.79. The van der Waals surface area contributed by atoms with Gasteiger partial charge in [0.05, 0.1) is 0 Å². The fourth-order valence-corrected chi connectivity index (χ4v) is 2.46. The maximum atomic E-state index is 5.48. The van der Waals surface area contributed by atoms with Crippen LogP contribution in [-0.4, -0.2) is 24.1 Å². The summed E-state index contributed by atoms with van der Waals surface area (Å²) in [6.07, 6.45) is 3.90. The van der Waals surface area contributed by atoms with Crippen LogP contribution in [0.3, 0.4) is 0 Å². The molecule has 0 N–H and O–H groups in total. The molecule has 0 saturated carbocycles. The molecular formula is C5H10BrClMg. The van der Waals surface area contributed by atoms with E-state index >= 15 is 0 Å². The minimum absolute atomic E-state index is 0.155. The van der Waals surface area contributed by atoms with Crippen LogP contribution >= 0.6 is 24.5 Å². The maximum Gasteiger partial charge on any atom is 0.468 e. The zero-order chi connectivity index (χ0) is 6.24. The summed E-state index contributed by atoms with van der Waals surface area (Å²) in [6, 6.07) is 0. The maximum absolute atomic E-state index is 5.48. The van der Waals surface area contributed by atoms with Gasteiger partial charge in [-0.05, 0) is 6.42 Å². The van der Waals surface area contributed by atoms with Crippen molar-refractivity contribution in [3.8, 4) is 0 Å². The Balaban J connectivity index is 2.53. The summed E-state index contributed by atoms with van der Waals surface area (Å²) in [6.45, 7) is 0. The standard InChI is InChI=1S/C5H10Cl.BrH.Mg/c1-2-3-4-5-6;;/h1-5H2;1H;/q;;+1/p-1. The van der Waals surface area contributed by atoms with Crippen molar-refractivity contribution in [3.63, 3.8) is 0 Å². The lowest BCUT2D eigenvalue weighted by molar-refractivity contribution is 0.775. The first kappa shape index (κ1) is 9.54. The van der Waals surface area contributed by atoms with Crippen molar-refractivity contribution in [2.75, 3.05) is 5.88 Å². The van der Waals surface area contributed by atoms with Crippen LogP contribution in [-0.2, 0) is 0 Å². The van der Waals surface area contributed by atoms with Crippen LogP contribution in [0.2, 0.25) is 4.55 Å². The largest absolute Gasteiger partial charge is 0.468 e. The zero-order valence-electron chi connectivity index (χ0n) is 5.00. The van der Waals surface area contributed by atoms with E-state index in [-0.39, 0.29) is 18.2 Å². The summed E-state index contributed by atoms with van der Waals surface area (Å²) in [5.74, 6) is 0.837. The van der Waals surface area contributed by atoms with Crippen LogP contribution in [0, 0.1) is 0 Å². The third-order valence-electron chi connectivity index (χ3n) is 1.02. The van der Waals surface area contributed by atoms with Crippen molar-refractivity contribution in [1.29, 1.82) is 0 Å². The van der Waals surface area contributed by atoms with E-state index in [1.54, 1.807) is 0 Å². The molecule has 0 aromatic carbocycles. The molecule has 0 aliphatic heterocycles. The van der Waals surface area contributed by atoms with Gasteiger partial charge < -0.3 is 12.9 Å². The molecule has 0 saturated heterocycles. The molecule has 0 atom stereocenters. The molecule has 0 aliphatic rings. The highest BCUT2D eigenvalue weighted by molar-refractivity contribution is 9.23. The van der Waals surface area contributed by atoms with Gasteiger partial charge in [-0.2, -0.15) is 0 Å². The summed E-state index contributed by atoms with van der Waals surface area (Å²) < 4.78 is 1.43. The van der Waals surface area contributed by atoms with Gasteiger partial charge in [-0.1, -0.05) is 12.8 Å². The number of halogens is 2. The SMILES string of the molecule is ClCCCC[CH2][Mg][Br]. The normalized spacial score (nSPS) is 8.75. The molecule has 0 aromatic heterocycles. The van der Waals surface area contributed by atoms with Gasteiger partial charge in [-0.25, -0.2) is 0 Å². The Labute approximate surface area is 72.0 Å². The molecule has 0 unspecified atom stereocenters. The molecule has 0 radical (unpaired) electrons. The van der Waals surface area contributed by atoms with E-state index in [1.165, 1.54) is 23.8 Å². The lowest BCUT2D eigenvalue weighted by Gasteiger charge is -1.91. The van der Waals surface area contributed by atoms with Gasteiger partial charge in [0.15, 0.2) is 0 Å². The van der Waals surface area contributed by atoms with Crippen LogP contribution in [0.5, 0.6) is 0 Å². The molecule has 0 spiro atoms. The molecule has 0 nitrogen and oxygen atoms in total. The minimum atomic E-state index is 0.155. The molecular weight excluding hydrogens is 200 g/mol. The molecule has 0 amide bonds. The van der Waals surface area contributed by atoms with Crippen molar-refractivity contribution < 1.29 is 0 Å². The number of unbranched alkanes of at least 4 members (excludes halogenated alkanes) is 2. The van der Waals surface area contributed by atoms with E-state index in [9.17, 15) is 0 Å². The molecule has 46 valence electrons. The Bertz CT molecular complexity index is 37.4. The van der Waals surface area contributed by atoms with Crippen LogP contribution < -0.4 is 0 Å². The Morgan fingerprint density at radius 1 is 1.25 bits per heavy atom. The summed E-state index contributed by atoms with van der Waals surface area (Å²) in [5.41, 5.74) is 0. The van der Waals surface area contributed by atoms with E-state index < -0.39 is 0 Å².